The van der Waals surface area contributed by atoms with Crippen molar-refractivity contribution in [3.63, 3.8) is 0 Å². The minimum Gasteiger partial charge on any atom is -0.340 e. The highest BCUT2D eigenvalue weighted by Gasteiger charge is 2.23. The van der Waals surface area contributed by atoms with Crippen LogP contribution in [0.4, 0.5) is 5.69 Å². The van der Waals surface area contributed by atoms with Crippen LogP contribution in [0.2, 0.25) is 5.02 Å². The van der Waals surface area contributed by atoms with Crippen molar-refractivity contribution < 1.29 is 14.4 Å². The Kier molecular flexibility index (Phi) is 7.82. The Morgan fingerprint density at radius 3 is 2.32 bits per heavy atom. The lowest BCUT2D eigenvalue weighted by Crippen LogP contribution is -2.50. The van der Waals surface area contributed by atoms with E-state index in [-0.39, 0.29) is 37.0 Å². The quantitative estimate of drug-likeness (QED) is 0.665. The largest absolute Gasteiger partial charge is 0.340 e. The second kappa shape index (κ2) is 10.6. The van der Waals surface area contributed by atoms with Gasteiger partial charge in [0.25, 0.3) is 0 Å². The number of hydrogen-bond donors (Lipinski definition) is 1. The predicted molar refractivity (Wildman–Crippen MR) is 123 cm³/mol. The van der Waals surface area contributed by atoms with Gasteiger partial charge in [0.05, 0.1) is 17.3 Å². The average molecular weight is 442 g/mol. The molecule has 1 N–H and O–H groups in total. The zero-order valence-electron chi connectivity index (χ0n) is 18.0. The first kappa shape index (κ1) is 23.0. The molecule has 0 bridgehead atoms. The minimum absolute atomic E-state index is 0.00803. The molecule has 0 atom stereocenters. The van der Waals surface area contributed by atoms with E-state index in [1.165, 1.54) is 0 Å². The Labute approximate surface area is 188 Å². The summed E-state index contributed by atoms with van der Waals surface area (Å²) >= 11 is 6.07. The fourth-order valence-corrected chi connectivity index (χ4v) is 3.73. The van der Waals surface area contributed by atoms with Crippen molar-refractivity contribution in [2.75, 3.05) is 38.0 Å². The minimum atomic E-state index is -0.133. The third-order valence-electron chi connectivity index (χ3n) is 5.63. The van der Waals surface area contributed by atoms with E-state index in [9.17, 15) is 14.4 Å². The third-order valence-corrected chi connectivity index (χ3v) is 5.96. The van der Waals surface area contributed by atoms with E-state index in [4.69, 9.17) is 11.6 Å². The molecule has 1 saturated heterocycles. The number of carbonyl (C=O) groups excluding carboxylic acids is 3. The SMILES string of the molecule is Cc1ccc(C(=O)CCC(=O)N2CCN(CC(=O)Nc3ccccc3Cl)CC2)cc1C. The van der Waals surface area contributed by atoms with Crippen LogP contribution in [0, 0.1) is 13.8 Å². The van der Waals surface area contributed by atoms with Gasteiger partial charge in [0.2, 0.25) is 11.8 Å². The number of hydrogen-bond acceptors (Lipinski definition) is 4. The first-order valence-corrected chi connectivity index (χ1v) is 10.9. The van der Waals surface area contributed by atoms with Crippen molar-refractivity contribution in [2.24, 2.45) is 0 Å². The number of aryl methyl sites for hydroxylation is 2. The Morgan fingerprint density at radius 2 is 1.65 bits per heavy atom. The summed E-state index contributed by atoms with van der Waals surface area (Å²) in [5.74, 6) is -0.157. The van der Waals surface area contributed by atoms with Crippen LogP contribution in [0.3, 0.4) is 0 Å². The highest BCUT2D eigenvalue weighted by molar-refractivity contribution is 6.33. The maximum Gasteiger partial charge on any atom is 0.238 e. The molecule has 0 aliphatic carbocycles. The van der Waals surface area contributed by atoms with Crippen molar-refractivity contribution in [1.82, 2.24) is 9.80 Å². The van der Waals surface area contributed by atoms with Gasteiger partial charge in [-0.1, -0.05) is 35.9 Å². The zero-order valence-corrected chi connectivity index (χ0v) is 18.7. The van der Waals surface area contributed by atoms with Crippen LogP contribution in [0.1, 0.15) is 34.3 Å². The van der Waals surface area contributed by atoms with Crippen molar-refractivity contribution in [2.45, 2.75) is 26.7 Å². The van der Waals surface area contributed by atoms with Crippen LogP contribution < -0.4 is 5.32 Å². The molecule has 1 heterocycles. The van der Waals surface area contributed by atoms with Gasteiger partial charge in [-0.25, -0.2) is 0 Å². The molecule has 2 amide bonds. The molecular weight excluding hydrogens is 414 g/mol. The number of nitrogens with one attached hydrogen (secondary N) is 1. The van der Waals surface area contributed by atoms with E-state index in [1.807, 2.05) is 49.1 Å². The topological polar surface area (TPSA) is 69.7 Å². The van der Waals surface area contributed by atoms with Gasteiger partial charge in [0, 0.05) is 44.6 Å². The molecule has 0 aromatic heterocycles. The monoisotopic (exact) mass is 441 g/mol. The van der Waals surface area contributed by atoms with Gasteiger partial charge in [0.1, 0.15) is 0 Å². The van der Waals surface area contributed by atoms with Crippen molar-refractivity contribution in [3.8, 4) is 0 Å². The predicted octanol–water partition coefficient (Wildman–Crippen LogP) is 3.70. The van der Waals surface area contributed by atoms with Gasteiger partial charge < -0.3 is 10.2 Å². The molecule has 0 spiro atoms. The Bertz CT molecular complexity index is 968. The molecular formula is C24H28ClN3O3. The van der Waals surface area contributed by atoms with Gasteiger partial charge >= 0.3 is 0 Å². The molecule has 31 heavy (non-hydrogen) atoms. The second-order valence-corrected chi connectivity index (χ2v) is 8.31. The van der Waals surface area contributed by atoms with Gasteiger partial charge in [0.15, 0.2) is 5.78 Å². The van der Waals surface area contributed by atoms with Gasteiger partial charge in [-0.05, 0) is 43.2 Å². The highest BCUT2D eigenvalue weighted by Crippen LogP contribution is 2.20. The summed E-state index contributed by atoms with van der Waals surface area (Å²) in [4.78, 5) is 41.0. The van der Waals surface area contributed by atoms with Crippen LogP contribution in [0.5, 0.6) is 0 Å². The molecule has 1 aliphatic rings. The van der Waals surface area contributed by atoms with Gasteiger partial charge in [-0.15, -0.1) is 0 Å². The highest BCUT2D eigenvalue weighted by atomic mass is 35.5. The van der Waals surface area contributed by atoms with Crippen molar-refractivity contribution in [3.05, 3.63) is 64.2 Å². The fourth-order valence-electron chi connectivity index (χ4n) is 3.55. The first-order chi connectivity index (χ1) is 14.8. The summed E-state index contributed by atoms with van der Waals surface area (Å²) in [5, 5.41) is 3.32. The Balaban J connectivity index is 1.41. The van der Waals surface area contributed by atoms with E-state index >= 15 is 0 Å². The number of piperazine rings is 1. The molecule has 7 heteroatoms. The lowest BCUT2D eigenvalue weighted by Gasteiger charge is -2.34. The van der Waals surface area contributed by atoms with Crippen molar-refractivity contribution in [1.29, 1.82) is 0 Å². The zero-order chi connectivity index (χ0) is 22.4. The van der Waals surface area contributed by atoms with Crippen LogP contribution >= 0.6 is 11.6 Å². The van der Waals surface area contributed by atoms with Crippen LogP contribution in [-0.4, -0.2) is 60.1 Å². The molecule has 1 fully saturated rings. The lowest BCUT2D eigenvalue weighted by atomic mass is 10.0. The molecule has 0 radical (unpaired) electrons. The molecule has 164 valence electrons. The molecule has 6 nitrogen and oxygen atoms in total. The summed E-state index contributed by atoms with van der Waals surface area (Å²) in [6.45, 7) is 6.57. The number of halogens is 1. The van der Waals surface area contributed by atoms with E-state index < -0.39 is 0 Å². The molecule has 2 aromatic rings. The molecule has 0 unspecified atom stereocenters. The molecule has 3 rings (SSSR count). The van der Waals surface area contributed by atoms with Crippen molar-refractivity contribution >= 4 is 34.9 Å². The van der Waals surface area contributed by atoms with E-state index in [0.29, 0.717) is 42.5 Å². The third kappa shape index (κ3) is 6.39. The molecule has 2 aromatic carbocycles. The lowest BCUT2D eigenvalue weighted by molar-refractivity contribution is -0.133. The summed E-state index contributed by atoms with van der Waals surface area (Å²) in [6, 6.07) is 12.8. The average Bonchev–Trinajstić information content (AvgIpc) is 2.76. The number of nitrogens with zero attached hydrogens (tertiary/aromatic N) is 2. The summed E-state index contributed by atoms with van der Waals surface area (Å²) in [5.41, 5.74) is 3.47. The van der Waals surface area contributed by atoms with Gasteiger partial charge in [-0.2, -0.15) is 0 Å². The smallest absolute Gasteiger partial charge is 0.238 e. The first-order valence-electron chi connectivity index (χ1n) is 10.5. The summed E-state index contributed by atoms with van der Waals surface area (Å²) < 4.78 is 0. The Hall–Kier alpha value is -2.70. The van der Waals surface area contributed by atoms with E-state index in [2.05, 4.69) is 5.32 Å². The number of carbonyl (C=O) groups is 3. The van der Waals surface area contributed by atoms with E-state index in [1.54, 1.807) is 17.0 Å². The second-order valence-electron chi connectivity index (χ2n) is 7.91. The fraction of sp³-hybridized carbons (Fsp3) is 0.375. The van der Waals surface area contributed by atoms with Crippen LogP contribution in [0.15, 0.2) is 42.5 Å². The standard InChI is InChI=1S/C24H28ClN3O3/c1-17-7-8-19(15-18(17)2)22(29)9-10-24(31)28-13-11-27(12-14-28)16-23(30)26-21-6-4-3-5-20(21)25/h3-8,15H,9-14,16H2,1-2H3,(H,26,30). The number of amides is 2. The number of benzene rings is 2. The number of para-hydroxylation sites is 1. The maximum atomic E-state index is 12.5. The number of rotatable bonds is 7. The number of ketones is 1. The van der Waals surface area contributed by atoms with Crippen LogP contribution in [0.25, 0.3) is 0 Å². The number of anilines is 1. The Morgan fingerprint density at radius 1 is 0.935 bits per heavy atom. The van der Waals surface area contributed by atoms with Crippen LogP contribution in [-0.2, 0) is 9.59 Å². The summed E-state index contributed by atoms with van der Waals surface area (Å²) in [6.07, 6.45) is 0.417. The maximum absolute atomic E-state index is 12.5. The normalized spacial score (nSPS) is 14.4. The van der Waals surface area contributed by atoms with Gasteiger partial charge in [-0.3, -0.25) is 19.3 Å². The van der Waals surface area contributed by atoms with E-state index in [0.717, 1.165) is 11.1 Å². The number of Topliss-reactive ketones (excluding diaryl/α,β-unsaturated/α-hetero) is 1. The summed E-state index contributed by atoms with van der Waals surface area (Å²) in [7, 11) is 0. The molecule has 1 aliphatic heterocycles. The molecule has 0 saturated carbocycles.